The zero-order valence-corrected chi connectivity index (χ0v) is 9.24. The average molecular weight is 210 g/mol. The van der Waals surface area contributed by atoms with Crippen LogP contribution < -0.4 is 0 Å². The normalized spacial score (nSPS) is 27.3. The zero-order valence-electron chi connectivity index (χ0n) is 9.24. The van der Waals surface area contributed by atoms with Crippen molar-refractivity contribution in [3.8, 4) is 0 Å². The van der Waals surface area contributed by atoms with E-state index < -0.39 is 0 Å². The number of piperidine rings is 1. The summed E-state index contributed by atoms with van der Waals surface area (Å²) in [7, 11) is 0. The molecule has 0 N–H and O–H groups in total. The molecule has 1 atom stereocenters. The number of piperazine rings is 1. The Labute approximate surface area is 90.2 Å². The van der Waals surface area contributed by atoms with Gasteiger partial charge in [-0.1, -0.05) is 6.42 Å². The first-order chi connectivity index (χ1) is 7.18. The Morgan fingerprint density at radius 3 is 2.67 bits per heavy atom. The highest BCUT2D eigenvalue weighted by atomic mass is 16.2. The number of carbonyl (C=O) groups is 2. The van der Waals surface area contributed by atoms with Gasteiger partial charge in [-0.15, -0.1) is 0 Å². The molecule has 0 bridgehead atoms. The van der Waals surface area contributed by atoms with E-state index in [9.17, 15) is 9.59 Å². The fourth-order valence-electron chi connectivity index (χ4n) is 2.56. The van der Waals surface area contributed by atoms with E-state index in [1.165, 1.54) is 26.2 Å². The number of rotatable bonds is 1. The number of ketones is 1. The maximum absolute atomic E-state index is 11.5. The molecule has 0 aromatic rings. The molecule has 0 aromatic heterocycles. The molecule has 0 saturated carbocycles. The van der Waals surface area contributed by atoms with Gasteiger partial charge < -0.3 is 4.90 Å². The van der Waals surface area contributed by atoms with E-state index in [-0.39, 0.29) is 11.7 Å². The van der Waals surface area contributed by atoms with Crippen molar-refractivity contribution in [2.45, 2.75) is 32.2 Å². The van der Waals surface area contributed by atoms with Crippen LogP contribution in [-0.2, 0) is 9.59 Å². The predicted octanol–water partition coefficient (Wildman–Crippen LogP) is 0.272. The Kier molecular flexibility index (Phi) is 3.05. The summed E-state index contributed by atoms with van der Waals surface area (Å²) >= 11 is 0. The van der Waals surface area contributed by atoms with Crippen LogP contribution in [0.4, 0.5) is 0 Å². The molecule has 1 unspecified atom stereocenters. The fraction of sp³-hybridized carbons (Fsp3) is 0.818. The molecular weight excluding hydrogens is 192 g/mol. The topological polar surface area (TPSA) is 40.6 Å². The van der Waals surface area contributed by atoms with Crippen molar-refractivity contribution >= 4 is 11.7 Å². The van der Waals surface area contributed by atoms with Crippen LogP contribution in [0.5, 0.6) is 0 Å². The third-order valence-electron chi connectivity index (χ3n) is 3.43. The molecule has 2 saturated heterocycles. The largest absolute Gasteiger partial charge is 0.333 e. The van der Waals surface area contributed by atoms with Crippen molar-refractivity contribution in [2.75, 3.05) is 26.2 Å². The number of hydrogen-bond acceptors (Lipinski definition) is 3. The highest BCUT2D eigenvalue weighted by Crippen LogP contribution is 2.20. The van der Waals surface area contributed by atoms with Gasteiger partial charge in [0.25, 0.3) is 5.91 Å². The minimum Gasteiger partial charge on any atom is -0.333 e. The first-order valence-electron chi connectivity index (χ1n) is 5.72. The fourth-order valence-corrected chi connectivity index (χ4v) is 2.56. The van der Waals surface area contributed by atoms with E-state index in [0.29, 0.717) is 6.04 Å². The van der Waals surface area contributed by atoms with E-state index in [1.54, 1.807) is 4.90 Å². The molecule has 2 heterocycles. The Balaban J connectivity index is 1.96. The molecule has 2 aliphatic rings. The zero-order chi connectivity index (χ0) is 10.8. The van der Waals surface area contributed by atoms with Gasteiger partial charge in [-0.3, -0.25) is 14.5 Å². The van der Waals surface area contributed by atoms with Crippen LogP contribution >= 0.6 is 0 Å². The second-order valence-corrected chi connectivity index (χ2v) is 4.49. The number of Topliss-reactive ketones (excluding diaryl/α,β-unsaturated/α-hetero) is 1. The smallest absolute Gasteiger partial charge is 0.289 e. The van der Waals surface area contributed by atoms with Gasteiger partial charge in [-0.25, -0.2) is 0 Å². The summed E-state index contributed by atoms with van der Waals surface area (Å²) < 4.78 is 0. The standard InChI is InChI=1S/C11H18N2O2/c1-9(14)11(15)13-7-6-12-5-3-2-4-10(12)8-13/h10H,2-8H2,1H3. The third kappa shape index (κ3) is 2.20. The second-order valence-electron chi connectivity index (χ2n) is 4.49. The van der Waals surface area contributed by atoms with Crippen molar-refractivity contribution < 1.29 is 9.59 Å². The summed E-state index contributed by atoms with van der Waals surface area (Å²) in [5.74, 6) is -0.639. The molecule has 2 fully saturated rings. The second kappa shape index (κ2) is 4.31. The Morgan fingerprint density at radius 2 is 1.93 bits per heavy atom. The van der Waals surface area contributed by atoms with Gasteiger partial charge >= 0.3 is 0 Å². The molecule has 4 heteroatoms. The third-order valence-corrected chi connectivity index (χ3v) is 3.43. The highest BCUT2D eigenvalue weighted by Gasteiger charge is 2.31. The first kappa shape index (κ1) is 10.6. The molecule has 1 amide bonds. The van der Waals surface area contributed by atoms with E-state index in [0.717, 1.165) is 26.2 Å². The van der Waals surface area contributed by atoms with Crippen molar-refractivity contribution in [3.05, 3.63) is 0 Å². The lowest BCUT2D eigenvalue weighted by Gasteiger charge is -2.43. The summed E-state index contributed by atoms with van der Waals surface area (Å²) in [5, 5.41) is 0. The van der Waals surface area contributed by atoms with Crippen LogP contribution in [0, 0.1) is 0 Å². The van der Waals surface area contributed by atoms with E-state index >= 15 is 0 Å². The number of amides is 1. The number of carbonyl (C=O) groups excluding carboxylic acids is 2. The van der Waals surface area contributed by atoms with Crippen LogP contribution in [0.1, 0.15) is 26.2 Å². The van der Waals surface area contributed by atoms with Gasteiger partial charge in [0.2, 0.25) is 5.78 Å². The number of fused-ring (bicyclic) bond motifs is 1. The van der Waals surface area contributed by atoms with Crippen LogP contribution in [0.2, 0.25) is 0 Å². The SMILES string of the molecule is CC(=O)C(=O)N1CCN2CCCCC2C1. The summed E-state index contributed by atoms with van der Waals surface area (Å²) in [6.07, 6.45) is 3.70. The van der Waals surface area contributed by atoms with E-state index in [2.05, 4.69) is 4.90 Å². The lowest BCUT2D eigenvalue weighted by atomic mass is 9.99. The molecule has 0 spiro atoms. The summed E-state index contributed by atoms with van der Waals surface area (Å²) in [4.78, 5) is 26.7. The molecule has 4 nitrogen and oxygen atoms in total. The van der Waals surface area contributed by atoms with Crippen LogP contribution in [0.15, 0.2) is 0 Å². The molecule has 84 valence electrons. The Morgan fingerprint density at radius 1 is 1.13 bits per heavy atom. The Bertz CT molecular complexity index is 278. The number of hydrogen-bond donors (Lipinski definition) is 0. The van der Waals surface area contributed by atoms with Gasteiger partial charge in [-0.05, 0) is 19.4 Å². The maximum atomic E-state index is 11.5. The maximum Gasteiger partial charge on any atom is 0.289 e. The molecule has 2 rings (SSSR count). The molecule has 0 aliphatic carbocycles. The van der Waals surface area contributed by atoms with Crippen molar-refractivity contribution in [2.24, 2.45) is 0 Å². The van der Waals surface area contributed by atoms with E-state index in [4.69, 9.17) is 0 Å². The minimum absolute atomic E-state index is 0.305. The van der Waals surface area contributed by atoms with Crippen molar-refractivity contribution in [1.82, 2.24) is 9.80 Å². The van der Waals surface area contributed by atoms with Crippen LogP contribution in [0.3, 0.4) is 0 Å². The van der Waals surface area contributed by atoms with Crippen LogP contribution in [-0.4, -0.2) is 53.7 Å². The molecule has 15 heavy (non-hydrogen) atoms. The highest BCUT2D eigenvalue weighted by molar-refractivity contribution is 6.35. The van der Waals surface area contributed by atoms with E-state index in [1.807, 2.05) is 0 Å². The van der Waals surface area contributed by atoms with Crippen molar-refractivity contribution in [1.29, 1.82) is 0 Å². The lowest BCUT2D eigenvalue weighted by molar-refractivity contribution is -0.145. The predicted molar refractivity (Wildman–Crippen MR) is 56.5 cm³/mol. The summed E-state index contributed by atoms with van der Waals surface area (Å²) in [6, 6.07) is 0.496. The van der Waals surface area contributed by atoms with Gasteiger partial charge in [0.1, 0.15) is 0 Å². The van der Waals surface area contributed by atoms with Gasteiger partial charge in [0.05, 0.1) is 0 Å². The average Bonchev–Trinajstić information content (AvgIpc) is 2.27. The molecule has 0 radical (unpaired) electrons. The summed E-state index contributed by atoms with van der Waals surface area (Å²) in [5.41, 5.74) is 0. The monoisotopic (exact) mass is 210 g/mol. The molecule has 0 aromatic carbocycles. The number of nitrogens with zero attached hydrogens (tertiary/aromatic N) is 2. The first-order valence-corrected chi connectivity index (χ1v) is 5.72. The van der Waals surface area contributed by atoms with Crippen molar-refractivity contribution in [3.63, 3.8) is 0 Å². The van der Waals surface area contributed by atoms with Crippen LogP contribution in [0.25, 0.3) is 0 Å². The quantitative estimate of drug-likeness (QED) is 0.583. The van der Waals surface area contributed by atoms with Gasteiger partial charge in [-0.2, -0.15) is 0 Å². The van der Waals surface area contributed by atoms with Gasteiger partial charge in [0, 0.05) is 32.6 Å². The lowest BCUT2D eigenvalue weighted by Crippen LogP contribution is -2.57. The summed E-state index contributed by atoms with van der Waals surface area (Å²) in [6.45, 7) is 4.92. The Hall–Kier alpha value is -0.900. The van der Waals surface area contributed by atoms with Gasteiger partial charge in [0.15, 0.2) is 0 Å². The molecule has 2 aliphatic heterocycles. The molecular formula is C11H18N2O2. The minimum atomic E-state index is -0.334.